The molecule has 2 heteroatoms. The van der Waals surface area contributed by atoms with Crippen LogP contribution >= 0.6 is 0 Å². The Morgan fingerprint density at radius 2 is 1.64 bits per heavy atom. The van der Waals surface area contributed by atoms with E-state index in [9.17, 15) is 0 Å². The molecule has 0 aliphatic rings. The highest BCUT2D eigenvalue weighted by atomic mass is 28.2. The normalized spacial score (nSPS) is 8.18. The SMILES string of the molecule is CCC.[SiH3]Nc1ccccc1. The van der Waals surface area contributed by atoms with Gasteiger partial charge in [0, 0.05) is 5.69 Å². The van der Waals surface area contributed by atoms with Crippen molar-refractivity contribution < 1.29 is 0 Å². The molecule has 0 saturated carbocycles. The number of nitrogens with one attached hydrogen (secondary N) is 1. The average molecular weight is 167 g/mol. The number of anilines is 1. The first-order valence-electron chi connectivity index (χ1n) is 4.07. The van der Waals surface area contributed by atoms with Crippen LogP contribution in [0.4, 0.5) is 5.69 Å². The highest BCUT2D eigenvalue weighted by Crippen LogP contribution is 2.01. The van der Waals surface area contributed by atoms with Gasteiger partial charge in [-0.3, -0.25) is 0 Å². The summed E-state index contributed by atoms with van der Waals surface area (Å²) < 4.78 is 0. The smallest absolute Gasteiger partial charge is 0.104 e. The maximum atomic E-state index is 3.17. The van der Waals surface area contributed by atoms with Gasteiger partial charge in [0.25, 0.3) is 0 Å². The molecule has 0 radical (unpaired) electrons. The fourth-order valence-electron chi connectivity index (χ4n) is 0.605. The minimum atomic E-state index is 1.03. The van der Waals surface area contributed by atoms with E-state index < -0.39 is 0 Å². The van der Waals surface area contributed by atoms with Gasteiger partial charge in [0.15, 0.2) is 0 Å². The van der Waals surface area contributed by atoms with E-state index in [1.165, 1.54) is 12.1 Å². The van der Waals surface area contributed by atoms with Crippen molar-refractivity contribution in [2.75, 3.05) is 4.98 Å². The Labute approximate surface area is 72.3 Å². The van der Waals surface area contributed by atoms with Gasteiger partial charge in [-0.25, -0.2) is 0 Å². The van der Waals surface area contributed by atoms with Crippen LogP contribution in [0, 0.1) is 0 Å². The van der Waals surface area contributed by atoms with Crippen LogP contribution in [0.25, 0.3) is 0 Å². The number of para-hydroxylation sites is 1. The molecule has 0 atom stereocenters. The highest BCUT2D eigenvalue weighted by Gasteiger charge is 1.77. The monoisotopic (exact) mass is 167 g/mol. The lowest BCUT2D eigenvalue weighted by molar-refractivity contribution is 1.09. The van der Waals surface area contributed by atoms with E-state index in [0.717, 1.165) is 10.4 Å². The van der Waals surface area contributed by atoms with Crippen molar-refractivity contribution in [1.29, 1.82) is 0 Å². The Morgan fingerprint density at radius 3 is 1.91 bits per heavy atom. The van der Waals surface area contributed by atoms with Crippen molar-refractivity contribution in [2.24, 2.45) is 0 Å². The molecule has 1 aromatic rings. The summed E-state index contributed by atoms with van der Waals surface area (Å²) >= 11 is 0. The second kappa shape index (κ2) is 7.35. The minimum absolute atomic E-state index is 1.03. The highest BCUT2D eigenvalue weighted by molar-refractivity contribution is 6.15. The summed E-state index contributed by atoms with van der Waals surface area (Å²) in [5.74, 6) is 0. The first kappa shape index (κ1) is 10.2. The molecule has 0 unspecified atom stereocenters. The van der Waals surface area contributed by atoms with Crippen molar-refractivity contribution >= 4 is 16.1 Å². The largest absolute Gasteiger partial charge is 0.419 e. The van der Waals surface area contributed by atoms with E-state index in [0.29, 0.717) is 0 Å². The molecule has 0 aromatic heterocycles. The Kier molecular flexibility index (Phi) is 6.84. The van der Waals surface area contributed by atoms with Crippen LogP contribution in [0.1, 0.15) is 20.3 Å². The van der Waals surface area contributed by atoms with Gasteiger partial charge in [-0.15, -0.1) is 0 Å². The molecule has 0 aliphatic heterocycles. The summed E-state index contributed by atoms with van der Waals surface area (Å²) in [7, 11) is 1.03. The predicted octanol–water partition coefficient (Wildman–Crippen LogP) is 1.80. The summed E-state index contributed by atoms with van der Waals surface area (Å²) in [5, 5.41) is 0. The lowest BCUT2D eigenvalue weighted by atomic mass is 10.3. The molecular weight excluding hydrogens is 150 g/mol. The zero-order valence-corrected chi connectivity index (χ0v) is 9.59. The number of benzene rings is 1. The van der Waals surface area contributed by atoms with Crippen molar-refractivity contribution in [2.45, 2.75) is 20.3 Å². The summed E-state index contributed by atoms with van der Waals surface area (Å²) in [6.07, 6.45) is 1.25. The van der Waals surface area contributed by atoms with E-state index in [-0.39, 0.29) is 0 Å². The zero-order valence-electron chi connectivity index (χ0n) is 7.59. The molecule has 1 aromatic carbocycles. The van der Waals surface area contributed by atoms with E-state index >= 15 is 0 Å². The third kappa shape index (κ3) is 5.67. The van der Waals surface area contributed by atoms with Gasteiger partial charge in [0.05, 0.1) is 0 Å². The van der Waals surface area contributed by atoms with Crippen LogP contribution in [-0.4, -0.2) is 10.4 Å². The standard InChI is InChI=1S/C6H9NSi.C3H8/c8-7-6-4-2-1-3-5-6;1-3-2/h1-5,7H,8H3;3H2,1-2H3. The molecule has 0 heterocycles. The van der Waals surface area contributed by atoms with Crippen molar-refractivity contribution in [1.82, 2.24) is 0 Å². The van der Waals surface area contributed by atoms with Crippen LogP contribution in [0.2, 0.25) is 0 Å². The summed E-state index contributed by atoms with van der Waals surface area (Å²) in [4.78, 5) is 3.17. The van der Waals surface area contributed by atoms with Crippen LogP contribution < -0.4 is 4.98 Å². The third-order valence-corrected chi connectivity index (χ3v) is 1.64. The molecule has 0 fully saturated rings. The molecule has 0 aliphatic carbocycles. The van der Waals surface area contributed by atoms with Gasteiger partial charge >= 0.3 is 0 Å². The summed E-state index contributed by atoms with van der Waals surface area (Å²) in [5.41, 5.74) is 1.22. The average Bonchev–Trinajstić information content (AvgIpc) is 2.08. The quantitative estimate of drug-likeness (QED) is 0.629. The molecule has 11 heavy (non-hydrogen) atoms. The Balaban J connectivity index is 0.000000292. The molecule has 62 valence electrons. The Bertz CT molecular complexity index is 162. The second-order valence-electron chi connectivity index (χ2n) is 2.32. The lowest BCUT2D eigenvalue weighted by Crippen LogP contribution is -1.87. The molecule has 0 bridgehead atoms. The van der Waals surface area contributed by atoms with Gasteiger partial charge < -0.3 is 4.98 Å². The van der Waals surface area contributed by atoms with Gasteiger partial charge in [-0.2, -0.15) is 0 Å². The number of rotatable bonds is 1. The van der Waals surface area contributed by atoms with Gasteiger partial charge in [-0.1, -0.05) is 38.5 Å². The van der Waals surface area contributed by atoms with E-state index in [2.05, 4.69) is 31.0 Å². The van der Waals surface area contributed by atoms with Crippen LogP contribution in [0.5, 0.6) is 0 Å². The molecule has 0 spiro atoms. The van der Waals surface area contributed by atoms with Gasteiger partial charge in [0.1, 0.15) is 10.4 Å². The predicted molar refractivity (Wildman–Crippen MR) is 56.0 cm³/mol. The van der Waals surface area contributed by atoms with Crippen molar-refractivity contribution in [3.05, 3.63) is 30.3 Å². The number of hydrogen-bond acceptors (Lipinski definition) is 1. The molecule has 0 saturated heterocycles. The van der Waals surface area contributed by atoms with Gasteiger partial charge in [-0.05, 0) is 12.1 Å². The van der Waals surface area contributed by atoms with E-state index in [1.807, 2.05) is 18.2 Å². The fourth-order valence-corrected chi connectivity index (χ4v) is 0.938. The third-order valence-electron chi connectivity index (χ3n) is 1.06. The molecular formula is C9H17NSi. The zero-order chi connectivity index (χ0) is 8.53. The second-order valence-corrected chi connectivity index (χ2v) is 2.82. The fraction of sp³-hybridized carbons (Fsp3) is 0.333. The Morgan fingerprint density at radius 1 is 1.18 bits per heavy atom. The summed E-state index contributed by atoms with van der Waals surface area (Å²) in [6, 6.07) is 10.2. The van der Waals surface area contributed by atoms with Crippen molar-refractivity contribution in [3.8, 4) is 0 Å². The molecule has 1 rings (SSSR count). The number of hydrogen-bond donors (Lipinski definition) is 1. The van der Waals surface area contributed by atoms with E-state index in [4.69, 9.17) is 0 Å². The van der Waals surface area contributed by atoms with Crippen LogP contribution in [-0.2, 0) is 0 Å². The first-order valence-corrected chi connectivity index (χ1v) is 5.07. The topological polar surface area (TPSA) is 12.0 Å². The van der Waals surface area contributed by atoms with Crippen LogP contribution in [0.15, 0.2) is 30.3 Å². The van der Waals surface area contributed by atoms with Crippen molar-refractivity contribution in [3.63, 3.8) is 0 Å². The molecule has 0 amide bonds. The summed E-state index contributed by atoms with van der Waals surface area (Å²) in [6.45, 7) is 4.25. The van der Waals surface area contributed by atoms with Gasteiger partial charge in [0.2, 0.25) is 0 Å². The molecule has 1 nitrogen and oxygen atoms in total. The van der Waals surface area contributed by atoms with E-state index in [1.54, 1.807) is 0 Å². The molecule has 1 N–H and O–H groups in total. The minimum Gasteiger partial charge on any atom is -0.419 e. The maximum absolute atomic E-state index is 3.17. The maximum Gasteiger partial charge on any atom is 0.104 e. The Hall–Kier alpha value is -0.763. The lowest BCUT2D eigenvalue weighted by Gasteiger charge is -1.94. The van der Waals surface area contributed by atoms with Crippen LogP contribution in [0.3, 0.4) is 0 Å². The first-order chi connectivity index (χ1) is 5.35.